The Kier molecular flexibility index (Phi) is 5.40. The molecule has 0 spiro atoms. The fourth-order valence-corrected chi connectivity index (χ4v) is 2.61. The molecule has 3 aromatic rings. The summed E-state index contributed by atoms with van der Waals surface area (Å²) >= 11 is 3.47. The fourth-order valence-electron chi connectivity index (χ4n) is 2.24. The molecule has 3 rings (SSSR count). The molecular formula is C19H17BrN4O. The van der Waals surface area contributed by atoms with Gasteiger partial charge in [0.1, 0.15) is 5.69 Å². The number of aromatic nitrogens is 2. The van der Waals surface area contributed by atoms with Crippen molar-refractivity contribution in [2.24, 2.45) is 0 Å². The standard InChI is InChI=1S/C19H17BrN4O/c1-13-2-3-16(10-17(13)20)24-19(25)18-11-15(6-9-22-18)23-12-14-4-7-21-8-5-14/h2-11H,12H2,1H3,(H,22,23)(H,24,25). The van der Waals surface area contributed by atoms with Crippen molar-refractivity contribution < 1.29 is 4.79 Å². The number of aryl methyl sites for hydroxylation is 1. The number of nitrogens with zero attached hydrogens (tertiary/aromatic N) is 2. The van der Waals surface area contributed by atoms with E-state index in [1.54, 1.807) is 24.7 Å². The van der Waals surface area contributed by atoms with Crippen molar-refractivity contribution in [3.8, 4) is 0 Å². The number of carbonyl (C=O) groups excluding carboxylic acids is 1. The van der Waals surface area contributed by atoms with Crippen LogP contribution in [0.4, 0.5) is 11.4 Å². The zero-order chi connectivity index (χ0) is 17.6. The normalized spacial score (nSPS) is 10.3. The van der Waals surface area contributed by atoms with Gasteiger partial charge in [0, 0.05) is 41.0 Å². The van der Waals surface area contributed by atoms with Crippen molar-refractivity contribution in [1.29, 1.82) is 0 Å². The van der Waals surface area contributed by atoms with Crippen molar-refractivity contribution >= 4 is 33.2 Å². The van der Waals surface area contributed by atoms with E-state index < -0.39 is 0 Å². The van der Waals surface area contributed by atoms with Gasteiger partial charge in [0.15, 0.2) is 0 Å². The monoisotopic (exact) mass is 396 g/mol. The zero-order valence-electron chi connectivity index (χ0n) is 13.7. The summed E-state index contributed by atoms with van der Waals surface area (Å²) in [5.41, 5.74) is 4.14. The first kappa shape index (κ1) is 17.1. The molecule has 126 valence electrons. The van der Waals surface area contributed by atoms with Gasteiger partial charge < -0.3 is 10.6 Å². The molecule has 0 radical (unpaired) electrons. The van der Waals surface area contributed by atoms with Gasteiger partial charge in [0.05, 0.1) is 0 Å². The van der Waals surface area contributed by atoms with Crippen LogP contribution in [0.2, 0.25) is 0 Å². The highest BCUT2D eigenvalue weighted by Gasteiger charge is 2.09. The number of pyridine rings is 2. The van der Waals surface area contributed by atoms with Gasteiger partial charge in [-0.1, -0.05) is 22.0 Å². The Bertz CT molecular complexity index is 884. The SMILES string of the molecule is Cc1ccc(NC(=O)c2cc(NCc3ccncc3)ccn2)cc1Br. The molecule has 6 heteroatoms. The van der Waals surface area contributed by atoms with E-state index in [1.807, 2.05) is 43.3 Å². The Balaban J connectivity index is 1.67. The van der Waals surface area contributed by atoms with E-state index >= 15 is 0 Å². The number of benzene rings is 1. The Labute approximate surface area is 154 Å². The molecule has 25 heavy (non-hydrogen) atoms. The number of amides is 1. The zero-order valence-corrected chi connectivity index (χ0v) is 15.2. The number of nitrogens with one attached hydrogen (secondary N) is 2. The summed E-state index contributed by atoms with van der Waals surface area (Å²) in [6.45, 7) is 2.65. The Morgan fingerprint density at radius 2 is 1.84 bits per heavy atom. The number of halogens is 1. The topological polar surface area (TPSA) is 66.9 Å². The number of rotatable bonds is 5. The quantitative estimate of drug-likeness (QED) is 0.669. The molecule has 0 saturated carbocycles. The van der Waals surface area contributed by atoms with Gasteiger partial charge in [-0.25, -0.2) is 0 Å². The summed E-state index contributed by atoms with van der Waals surface area (Å²) in [7, 11) is 0. The van der Waals surface area contributed by atoms with Gasteiger partial charge in [0.2, 0.25) is 0 Å². The minimum atomic E-state index is -0.247. The second-order valence-corrected chi connectivity index (χ2v) is 6.41. The van der Waals surface area contributed by atoms with Crippen molar-refractivity contribution in [1.82, 2.24) is 9.97 Å². The lowest BCUT2D eigenvalue weighted by molar-refractivity contribution is 0.102. The van der Waals surface area contributed by atoms with Crippen LogP contribution in [-0.4, -0.2) is 15.9 Å². The summed E-state index contributed by atoms with van der Waals surface area (Å²) in [6.07, 6.45) is 5.12. The smallest absolute Gasteiger partial charge is 0.274 e. The molecule has 0 fully saturated rings. The molecule has 0 atom stereocenters. The lowest BCUT2D eigenvalue weighted by Gasteiger charge is -2.09. The molecular weight excluding hydrogens is 380 g/mol. The lowest BCUT2D eigenvalue weighted by atomic mass is 10.2. The molecule has 2 heterocycles. The minimum Gasteiger partial charge on any atom is -0.381 e. The molecule has 0 aliphatic heterocycles. The van der Waals surface area contributed by atoms with E-state index in [2.05, 4.69) is 36.5 Å². The third-order valence-corrected chi connectivity index (χ3v) is 4.52. The number of hydrogen-bond donors (Lipinski definition) is 2. The maximum Gasteiger partial charge on any atom is 0.274 e. The number of carbonyl (C=O) groups is 1. The largest absolute Gasteiger partial charge is 0.381 e. The van der Waals surface area contributed by atoms with E-state index in [4.69, 9.17) is 0 Å². The highest BCUT2D eigenvalue weighted by atomic mass is 79.9. The van der Waals surface area contributed by atoms with E-state index in [1.165, 1.54) is 0 Å². The summed E-state index contributed by atoms with van der Waals surface area (Å²) in [5.74, 6) is -0.247. The number of anilines is 2. The first-order valence-electron chi connectivity index (χ1n) is 7.78. The van der Waals surface area contributed by atoms with Gasteiger partial charge in [-0.2, -0.15) is 0 Å². The van der Waals surface area contributed by atoms with Gasteiger partial charge >= 0.3 is 0 Å². The molecule has 2 aromatic heterocycles. The van der Waals surface area contributed by atoms with Crippen LogP contribution in [0, 0.1) is 6.92 Å². The van der Waals surface area contributed by atoms with E-state index in [9.17, 15) is 4.79 Å². The Morgan fingerprint density at radius 1 is 1.04 bits per heavy atom. The van der Waals surface area contributed by atoms with E-state index in [0.717, 1.165) is 27.0 Å². The first-order valence-corrected chi connectivity index (χ1v) is 8.57. The van der Waals surface area contributed by atoms with Crippen LogP contribution in [0.15, 0.2) is 65.5 Å². The van der Waals surface area contributed by atoms with Crippen molar-refractivity contribution in [2.45, 2.75) is 13.5 Å². The van der Waals surface area contributed by atoms with Crippen LogP contribution >= 0.6 is 15.9 Å². The highest BCUT2D eigenvalue weighted by molar-refractivity contribution is 9.10. The van der Waals surface area contributed by atoms with Crippen LogP contribution in [-0.2, 0) is 6.54 Å². The van der Waals surface area contributed by atoms with Crippen molar-refractivity contribution in [3.05, 3.63) is 82.3 Å². The molecule has 0 bridgehead atoms. The molecule has 1 aromatic carbocycles. The van der Waals surface area contributed by atoms with Gasteiger partial charge in [-0.05, 0) is 54.4 Å². The molecule has 0 saturated heterocycles. The average Bonchev–Trinajstić information content (AvgIpc) is 2.64. The average molecular weight is 397 g/mol. The summed E-state index contributed by atoms with van der Waals surface area (Å²) in [5, 5.41) is 6.14. The Hall–Kier alpha value is -2.73. The minimum absolute atomic E-state index is 0.247. The third kappa shape index (κ3) is 4.64. The summed E-state index contributed by atoms with van der Waals surface area (Å²) < 4.78 is 0.950. The molecule has 0 aliphatic carbocycles. The van der Waals surface area contributed by atoms with Crippen LogP contribution in [0.1, 0.15) is 21.6 Å². The highest BCUT2D eigenvalue weighted by Crippen LogP contribution is 2.21. The molecule has 0 unspecified atom stereocenters. The van der Waals surface area contributed by atoms with Crippen molar-refractivity contribution in [2.75, 3.05) is 10.6 Å². The van der Waals surface area contributed by atoms with Crippen molar-refractivity contribution in [3.63, 3.8) is 0 Å². The third-order valence-electron chi connectivity index (χ3n) is 3.67. The van der Waals surface area contributed by atoms with Gasteiger partial charge in [-0.15, -0.1) is 0 Å². The van der Waals surface area contributed by atoms with Crippen LogP contribution in [0.25, 0.3) is 0 Å². The summed E-state index contributed by atoms with van der Waals surface area (Å²) in [4.78, 5) is 20.6. The van der Waals surface area contributed by atoms with Gasteiger partial charge in [0.25, 0.3) is 5.91 Å². The second-order valence-electron chi connectivity index (χ2n) is 5.56. The lowest BCUT2D eigenvalue weighted by Crippen LogP contribution is -2.14. The fraction of sp³-hybridized carbons (Fsp3) is 0.105. The van der Waals surface area contributed by atoms with E-state index in [-0.39, 0.29) is 5.91 Å². The first-order chi connectivity index (χ1) is 12.1. The van der Waals surface area contributed by atoms with Crippen LogP contribution in [0.3, 0.4) is 0 Å². The van der Waals surface area contributed by atoms with E-state index in [0.29, 0.717) is 12.2 Å². The van der Waals surface area contributed by atoms with Crippen LogP contribution < -0.4 is 10.6 Å². The maximum absolute atomic E-state index is 12.4. The van der Waals surface area contributed by atoms with Gasteiger partial charge in [-0.3, -0.25) is 14.8 Å². The Morgan fingerprint density at radius 3 is 2.60 bits per heavy atom. The molecule has 1 amide bonds. The molecule has 2 N–H and O–H groups in total. The van der Waals surface area contributed by atoms with Crippen LogP contribution in [0.5, 0.6) is 0 Å². The predicted octanol–water partition coefficient (Wildman–Crippen LogP) is 4.41. The maximum atomic E-state index is 12.4. The molecule has 5 nitrogen and oxygen atoms in total. The second kappa shape index (κ2) is 7.90. The molecule has 0 aliphatic rings. The predicted molar refractivity (Wildman–Crippen MR) is 103 cm³/mol. The number of hydrogen-bond acceptors (Lipinski definition) is 4. The summed E-state index contributed by atoms with van der Waals surface area (Å²) in [6, 6.07) is 13.1.